The van der Waals surface area contributed by atoms with E-state index in [0.717, 1.165) is 18.8 Å². The number of ether oxygens (including phenoxy) is 1. The van der Waals surface area contributed by atoms with Crippen molar-refractivity contribution in [2.24, 2.45) is 10.7 Å². The van der Waals surface area contributed by atoms with Crippen LogP contribution in [-0.2, 0) is 0 Å². The molecule has 1 aromatic rings. The van der Waals surface area contributed by atoms with E-state index in [1.807, 2.05) is 12.1 Å². The minimum absolute atomic E-state index is 0.287. The molecule has 1 saturated heterocycles. The molecular formula is C20H32N4O. The molecule has 25 heavy (non-hydrogen) atoms. The number of nitrogens with two attached hydrogens (primary N) is 1. The van der Waals surface area contributed by atoms with E-state index < -0.39 is 0 Å². The Morgan fingerprint density at radius 1 is 1.16 bits per heavy atom. The summed E-state index contributed by atoms with van der Waals surface area (Å²) in [5, 5.41) is 3.40. The molecule has 1 aromatic carbocycles. The third-order valence-electron chi connectivity index (χ3n) is 5.47. The Kier molecular flexibility index (Phi) is 6.56. The number of methoxy groups -OCH3 is 1. The largest absolute Gasteiger partial charge is 0.497 e. The van der Waals surface area contributed by atoms with Crippen LogP contribution in [0, 0.1) is 0 Å². The van der Waals surface area contributed by atoms with Crippen molar-refractivity contribution in [1.29, 1.82) is 0 Å². The van der Waals surface area contributed by atoms with E-state index in [1.165, 1.54) is 50.5 Å². The Balaban J connectivity index is 1.68. The van der Waals surface area contributed by atoms with Crippen molar-refractivity contribution in [2.75, 3.05) is 26.7 Å². The Hall–Kier alpha value is -1.75. The quantitative estimate of drug-likeness (QED) is 0.615. The lowest BCUT2D eigenvalue weighted by Gasteiger charge is -2.34. The number of benzene rings is 1. The van der Waals surface area contributed by atoms with Gasteiger partial charge in [-0.1, -0.05) is 31.4 Å². The second-order valence-electron chi connectivity index (χ2n) is 7.24. The zero-order valence-corrected chi connectivity index (χ0v) is 15.4. The number of likely N-dealkylation sites (tertiary alicyclic amines) is 1. The maximum Gasteiger partial charge on any atom is 0.188 e. The molecule has 1 aliphatic heterocycles. The second-order valence-corrected chi connectivity index (χ2v) is 7.24. The van der Waals surface area contributed by atoms with Crippen LogP contribution in [0.5, 0.6) is 5.75 Å². The Labute approximate surface area is 151 Å². The summed E-state index contributed by atoms with van der Waals surface area (Å²) in [7, 11) is 1.71. The van der Waals surface area contributed by atoms with Gasteiger partial charge in [0.2, 0.25) is 0 Å². The number of nitrogens with zero attached hydrogens (tertiary/aromatic N) is 2. The average molecular weight is 345 g/mol. The molecule has 3 rings (SSSR count). The number of piperidine rings is 1. The highest BCUT2D eigenvalue weighted by Crippen LogP contribution is 2.26. The van der Waals surface area contributed by atoms with Crippen molar-refractivity contribution >= 4 is 5.96 Å². The fourth-order valence-corrected chi connectivity index (χ4v) is 4.00. The highest BCUT2D eigenvalue weighted by atomic mass is 16.5. The SMILES string of the molecule is COc1ccc([C@H](CN=C(N)NC2CCCC2)N2CCCCC2)cc1. The molecule has 5 heteroatoms. The van der Waals surface area contributed by atoms with Crippen LogP contribution in [0.1, 0.15) is 56.6 Å². The molecule has 0 amide bonds. The standard InChI is InChI=1S/C20H32N4O/c1-25-18-11-9-16(10-12-18)19(24-13-5-2-6-14-24)15-22-20(21)23-17-7-3-4-8-17/h9-12,17,19H,2-8,13-15H2,1H3,(H3,21,22,23)/t19-/m0/s1. The minimum atomic E-state index is 0.287. The van der Waals surface area contributed by atoms with Crippen LogP contribution in [0.2, 0.25) is 0 Å². The smallest absolute Gasteiger partial charge is 0.188 e. The van der Waals surface area contributed by atoms with Crippen LogP contribution >= 0.6 is 0 Å². The molecule has 0 aromatic heterocycles. The number of hydrogen-bond donors (Lipinski definition) is 2. The van der Waals surface area contributed by atoms with Crippen molar-refractivity contribution in [3.8, 4) is 5.75 Å². The molecule has 1 atom stereocenters. The first-order valence-electron chi connectivity index (χ1n) is 9.70. The molecule has 1 aliphatic carbocycles. The van der Waals surface area contributed by atoms with E-state index in [-0.39, 0.29) is 6.04 Å². The van der Waals surface area contributed by atoms with E-state index in [1.54, 1.807) is 7.11 Å². The number of nitrogens with one attached hydrogen (secondary N) is 1. The molecule has 5 nitrogen and oxygen atoms in total. The molecule has 1 saturated carbocycles. The molecule has 2 fully saturated rings. The topological polar surface area (TPSA) is 62.9 Å². The second kappa shape index (κ2) is 9.09. The molecule has 0 spiro atoms. The highest BCUT2D eigenvalue weighted by molar-refractivity contribution is 5.78. The maximum absolute atomic E-state index is 6.16. The zero-order chi connectivity index (χ0) is 17.5. The molecular weight excluding hydrogens is 312 g/mol. The molecule has 0 unspecified atom stereocenters. The van der Waals surface area contributed by atoms with E-state index in [4.69, 9.17) is 15.5 Å². The lowest BCUT2D eigenvalue weighted by atomic mass is 10.0. The first kappa shape index (κ1) is 18.1. The van der Waals surface area contributed by atoms with Crippen LogP contribution in [0.4, 0.5) is 0 Å². The van der Waals surface area contributed by atoms with Gasteiger partial charge in [-0.05, 0) is 56.5 Å². The predicted molar refractivity (Wildman–Crippen MR) is 103 cm³/mol. The number of guanidine groups is 1. The molecule has 2 aliphatic rings. The first-order valence-corrected chi connectivity index (χ1v) is 9.70. The van der Waals surface area contributed by atoms with Gasteiger partial charge in [0.25, 0.3) is 0 Å². The monoisotopic (exact) mass is 344 g/mol. The normalized spacial score (nSPS) is 21.2. The van der Waals surface area contributed by atoms with Crippen molar-refractivity contribution in [1.82, 2.24) is 10.2 Å². The predicted octanol–water partition coefficient (Wildman–Crippen LogP) is 3.07. The van der Waals surface area contributed by atoms with Gasteiger partial charge in [-0.2, -0.15) is 0 Å². The van der Waals surface area contributed by atoms with Gasteiger partial charge in [-0.15, -0.1) is 0 Å². The van der Waals surface area contributed by atoms with Gasteiger partial charge in [0.15, 0.2) is 5.96 Å². The third-order valence-corrected chi connectivity index (χ3v) is 5.47. The summed E-state index contributed by atoms with van der Waals surface area (Å²) in [6.07, 6.45) is 8.90. The van der Waals surface area contributed by atoms with E-state index in [2.05, 4.69) is 22.3 Å². The summed E-state index contributed by atoms with van der Waals surface area (Å²) in [6.45, 7) is 2.99. The van der Waals surface area contributed by atoms with Crippen LogP contribution in [-0.4, -0.2) is 43.6 Å². The van der Waals surface area contributed by atoms with Crippen molar-refractivity contribution < 1.29 is 4.74 Å². The van der Waals surface area contributed by atoms with Crippen molar-refractivity contribution in [3.05, 3.63) is 29.8 Å². The summed E-state index contributed by atoms with van der Waals surface area (Å²) in [5.74, 6) is 1.49. The minimum Gasteiger partial charge on any atom is -0.497 e. The lowest BCUT2D eigenvalue weighted by Crippen LogP contribution is -2.40. The summed E-state index contributed by atoms with van der Waals surface area (Å²) in [6, 6.07) is 9.20. The molecule has 3 N–H and O–H groups in total. The van der Waals surface area contributed by atoms with Gasteiger partial charge in [0.05, 0.1) is 19.7 Å². The van der Waals surface area contributed by atoms with Gasteiger partial charge >= 0.3 is 0 Å². The number of rotatable bonds is 6. The molecule has 138 valence electrons. The average Bonchev–Trinajstić information content (AvgIpc) is 3.16. The Bertz CT molecular complexity index is 545. The third kappa shape index (κ3) is 5.11. The van der Waals surface area contributed by atoms with Crippen LogP contribution < -0.4 is 15.8 Å². The Morgan fingerprint density at radius 3 is 2.48 bits per heavy atom. The molecule has 1 heterocycles. The van der Waals surface area contributed by atoms with Crippen LogP contribution in [0.25, 0.3) is 0 Å². The highest BCUT2D eigenvalue weighted by Gasteiger charge is 2.22. The van der Waals surface area contributed by atoms with Crippen molar-refractivity contribution in [3.63, 3.8) is 0 Å². The van der Waals surface area contributed by atoms with Gasteiger partial charge in [0.1, 0.15) is 5.75 Å². The van der Waals surface area contributed by atoms with Crippen molar-refractivity contribution in [2.45, 2.75) is 57.0 Å². The van der Waals surface area contributed by atoms with E-state index in [0.29, 0.717) is 18.5 Å². The van der Waals surface area contributed by atoms with Gasteiger partial charge < -0.3 is 15.8 Å². The zero-order valence-electron chi connectivity index (χ0n) is 15.4. The maximum atomic E-state index is 6.16. The Morgan fingerprint density at radius 2 is 1.84 bits per heavy atom. The summed E-state index contributed by atoms with van der Waals surface area (Å²) < 4.78 is 5.30. The first-order chi connectivity index (χ1) is 12.3. The molecule has 0 radical (unpaired) electrons. The number of hydrogen-bond acceptors (Lipinski definition) is 3. The van der Waals surface area contributed by atoms with E-state index in [9.17, 15) is 0 Å². The lowest BCUT2D eigenvalue weighted by molar-refractivity contribution is 0.167. The summed E-state index contributed by atoms with van der Waals surface area (Å²) >= 11 is 0. The fraction of sp³-hybridized carbons (Fsp3) is 0.650. The van der Waals surface area contributed by atoms with E-state index >= 15 is 0 Å². The summed E-state index contributed by atoms with van der Waals surface area (Å²) in [5.41, 5.74) is 7.45. The van der Waals surface area contributed by atoms with Gasteiger partial charge in [-0.3, -0.25) is 9.89 Å². The van der Waals surface area contributed by atoms with Gasteiger partial charge in [0, 0.05) is 6.04 Å². The van der Waals surface area contributed by atoms with Gasteiger partial charge in [-0.25, -0.2) is 0 Å². The summed E-state index contributed by atoms with van der Waals surface area (Å²) in [4.78, 5) is 7.25. The van der Waals surface area contributed by atoms with Crippen LogP contribution in [0.15, 0.2) is 29.3 Å². The number of aliphatic imine (C=N–C) groups is 1. The fourth-order valence-electron chi connectivity index (χ4n) is 4.00. The molecule has 0 bridgehead atoms. The van der Waals surface area contributed by atoms with Crippen LogP contribution in [0.3, 0.4) is 0 Å².